The predicted molar refractivity (Wildman–Crippen MR) is 96.8 cm³/mol. The highest BCUT2D eigenvalue weighted by atomic mass is 35.5. The maximum absolute atomic E-state index is 11.8. The van der Waals surface area contributed by atoms with E-state index in [-0.39, 0.29) is 12.4 Å². The van der Waals surface area contributed by atoms with Crippen molar-refractivity contribution in [2.45, 2.75) is 13.3 Å². The summed E-state index contributed by atoms with van der Waals surface area (Å²) in [7, 11) is 0. The van der Waals surface area contributed by atoms with Gasteiger partial charge in [0, 0.05) is 28.0 Å². The van der Waals surface area contributed by atoms with Gasteiger partial charge in [0.2, 0.25) is 0 Å². The fourth-order valence-corrected chi connectivity index (χ4v) is 2.71. The van der Waals surface area contributed by atoms with Gasteiger partial charge in [0.25, 0.3) is 0 Å². The van der Waals surface area contributed by atoms with Gasteiger partial charge >= 0.3 is 5.97 Å². The van der Waals surface area contributed by atoms with E-state index in [2.05, 4.69) is 10.3 Å². The van der Waals surface area contributed by atoms with Crippen LogP contribution in [0.5, 0.6) is 0 Å². The van der Waals surface area contributed by atoms with Gasteiger partial charge in [0.1, 0.15) is 0 Å². The third-order valence-corrected chi connectivity index (χ3v) is 3.87. The minimum absolute atomic E-state index is 0.228. The second kappa shape index (κ2) is 7.32. The summed E-state index contributed by atoms with van der Waals surface area (Å²) in [5.74, 6) is -0.238. The number of rotatable bonds is 5. The summed E-state index contributed by atoms with van der Waals surface area (Å²) in [6.45, 7) is 2.18. The molecule has 0 unspecified atom stereocenters. The normalized spacial score (nSPS) is 10.6. The van der Waals surface area contributed by atoms with Gasteiger partial charge in [-0.3, -0.25) is 9.78 Å². The van der Waals surface area contributed by atoms with E-state index in [1.165, 1.54) is 0 Å². The van der Waals surface area contributed by atoms with Gasteiger partial charge in [-0.2, -0.15) is 0 Å². The summed E-state index contributed by atoms with van der Waals surface area (Å²) in [4.78, 5) is 16.1. The Labute approximate surface area is 145 Å². The van der Waals surface area contributed by atoms with E-state index in [9.17, 15) is 4.79 Å². The highest BCUT2D eigenvalue weighted by Gasteiger charge is 2.10. The Morgan fingerprint density at radius 3 is 2.83 bits per heavy atom. The zero-order valence-electron chi connectivity index (χ0n) is 13.3. The average Bonchev–Trinajstić information content (AvgIpc) is 2.57. The number of halogens is 1. The maximum atomic E-state index is 11.8. The molecule has 5 heteroatoms. The Bertz CT molecular complexity index is 880. The van der Waals surface area contributed by atoms with Crippen molar-refractivity contribution in [3.63, 3.8) is 0 Å². The minimum atomic E-state index is -0.238. The van der Waals surface area contributed by atoms with E-state index in [1.807, 2.05) is 48.5 Å². The molecule has 0 saturated carbocycles. The number of fused-ring (bicyclic) bond motifs is 1. The Balaban J connectivity index is 1.93. The molecule has 122 valence electrons. The number of nitrogens with zero attached hydrogens (tertiary/aromatic N) is 1. The van der Waals surface area contributed by atoms with Crippen LogP contribution in [-0.2, 0) is 16.0 Å². The SMILES string of the molecule is CCOC(=O)Cc1ccccc1Nc1ccnc2cc(Cl)ccc12. The van der Waals surface area contributed by atoms with E-state index in [1.54, 1.807) is 13.1 Å². The summed E-state index contributed by atoms with van der Waals surface area (Å²) in [5, 5.41) is 5.01. The molecule has 0 aliphatic heterocycles. The van der Waals surface area contributed by atoms with Crippen LogP contribution in [0.4, 0.5) is 11.4 Å². The molecule has 24 heavy (non-hydrogen) atoms. The van der Waals surface area contributed by atoms with Crippen LogP contribution >= 0.6 is 11.6 Å². The molecule has 0 amide bonds. The predicted octanol–water partition coefficient (Wildman–Crippen LogP) is 4.74. The first-order valence-corrected chi connectivity index (χ1v) is 8.10. The zero-order valence-corrected chi connectivity index (χ0v) is 14.0. The first-order chi connectivity index (χ1) is 11.7. The van der Waals surface area contributed by atoms with Crippen molar-refractivity contribution < 1.29 is 9.53 Å². The molecule has 0 atom stereocenters. The van der Waals surface area contributed by atoms with Crippen LogP contribution in [0.1, 0.15) is 12.5 Å². The number of carbonyl (C=O) groups is 1. The molecule has 3 aromatic rings. The molecule has 1 N–H and O–H groups in total. The van der Waals surface area contributed by atoms with Crippen molar-refractivity contribution in [3.05, 3.63) is 65.3 Å². The fourth-order valence-electron chi connectivity index (χ4n) is 2.54. The Morgan fingerprint density at radius 2 is 2.00 bits per heavy atom. The Morgan fingerprint density at radius 1 is 1.17 bits per heavy atom. The lowest BCUT2D eigenvalue weighted by atomic mass is 10.1. The van der Waals surface area contributed by atoms with E-state index < -0.39 is 0 Å². The van der Waals surface area contributed by atoms with Crippen molar-refractivity contribution in [1.82, 2.24) is 4.98 Å². The van der Waals surface area contributed by atoms with Gasteiger partial charge in [-0.1, -0.05) is 29.8 Å². The number of aromatic nitrogens is 1. The molecule has 3 rings (SSSR count). The smallest absolute Gasteiger partial charge is 0.310 e. The number of esters is 1. The van der Waals surface area contributed by atoms with Crippen LogP contribution < -0.4 is 5.32 Å². The van der Waals surface area contributed by atoms with Gasteiger partial charge < -0.3 is 10.1 Å². The van der Waals surface area contributed by atoms with Gasteiger partial charge in [-0.15, -0.1) is 0 Å². The lowest BCUT2D eigenvalue weighted by Crippen LogP contribution is -2.09. The van der Waals surface area contributed by atoms with Crippen molar-refractivity contribution in [3.8, 4) is 0 Å². The summed E-state index contributed by atoms with van der Waals surface area (Å²) < 4.78 is 5.04. The van der Waals surface area contributed by atoms with Gasteiger partial charge in [-0.05, 0) is 42.8 Å². The lowest BCUT2D eigenvalue weighted by Gasteiger charge is -2.13. The standard InChI is InChI=1S/C19H17ClN2O2/c1-2-24-19(23)11-13-5-3-4-6-16(13)22-17-9-10-21-18-12-14(20)7-8-15(17)18/h3-10,12H,2,11H2,1H3,(H,21,22). The molecule has 4 nitrogen and oxygen atoms in total. The third kappa shape index (κ3) is 3.66. The van der Waals surface area contributed by atoms with E-state index >= 15 is 0 Å². The molecule has 0 aliphatic rings. The van der Waals surface area contributed by atoms with Crippen molar-refractivity contribution in [1.29, 1.82) is 0 Å². The molecular formula is C19H17ClN2O2. The zero-order chi connectivity index (χ0) is 16.9. The second-order valence-electron chi connectivity index (χ2n) is 5.28. The highest BCUT2D eigenvalue weighted by Crippen LogP contribution is 2.28. The van der Waals surface area contributed by atoms with Crippen LogP contribution in [0.15, 0.2) is 54.7 Å². The molecule has 1 heterocycles. The maximum Gasteiger partial charge on any atom is 0.310 e. The van der Waals surface area contributed by atoms with Crippen LogP contribution in [0.2, 0.25) is 5.02 Å². The highest BCUT2D eigenvalue weighted by molar-refractivity contribution is 6.31. The van der Waals surface area contributed by atoms with Crippen LogP contribution in [-0.4, -0.2) is 17.6 Å². The number of nitrogens with one attached hydrogen (secondary N) is 1. The molecule has 0 aliphatic carbocycles. The molecule has 0 radical (unpaired) electrons. The number of para-hydroxylation sites is 1. The second-order valence-corrected chi connectivity index (χ2v) is 5.72. The van der Waals surface area contributed by atoms with Crippen molar-refractivity contribution in [2.75, 3.05) is 11.9 Å². The van der Waals surface area contributed by atoms with Gasteiger partial charge in [0.15, 0.2) is 0 Å². The Kier molecular flexibility index (Phi) is 4.96. The van der Waals surface area contributed by atoms with E-state index in [0.717, 1.165) is 27.8 Å². The number of hydrogen-bond donors (Lipinski definition) is 1. The molecule has 2 aromatic carbocycles. The number of carbonyl (C=O) groups excluding carboxylic acids is 1. The summed E-state index contributed by atoms with van der Waals surface area (Å²) in [6, 6.07) is 15.2. The number of anilines is 2. The largest absolute Gasteiger partial charge is 0.466 e. The molecule has 0 fully saturated rings. The fraction of sp³-hybridized carbons (Fsp3) is 0.158. The first-order valence-electron chi connectivity index (χ1n) is 7.72. The average molecular weight is 341 g/mol. The number of ether oxygens (including phenoxy) is 1. The van der Waals surface area contributed by atoms with Crippen LogP contribution in [0.25, 0.3) is 10.9 Å². The monoisotopic (exact) mass is 340 g/mol. The van der Waals surface area contributed by atoms with E-state index in [0.29, 0.717) is 11.6 Å². The molecule has 1 aromatic heterocycles. The van der Waals surface area contributed by atoms with Crippen LogP contribution in [0.3, 0.4) is 0 Å². The number of pyridine rings is 1. The first kappa shape index (κ1) is 16.3. The van der Waals surface area contributed by atoms with Crippen molar-refractivity contribution in [2.24, 2.45) is 0 Å². The van der Waals surface area contributed by atoms with Gasteiger partial charge in [-0.25, -0.2) is 0 Å². The Hall–Kier alpha value is -2.59. The van der Waals surface area contributed by atoms with Crippen LogP contribution in [0, 0.1) is 0 Å². The quantitative estimate of drug-likeness (QED) is 0.682. The summed E-state index contributed by atoms with van der Waals surface area (Å²) >= 11 is 6.03. The molecular weight excluding hydrogens is 324 g/mol. The molecule has 0 spiro atoms. The topological polar surface area (TPSA) is 51.2 Å². The number of hydrogen-bond acceptors (Lipinski definition) is 4. The van der Waals surface area contributed by atoms with Gasteiger partial charge in [0.05, 0.1) is 18.5 Å². The lowest BCUT2D eigenvalue weighted by molar-refractivity contribution is -0.142. The summed E-state index contributed by atoms with van der Waals surface area (Å²) in [5.41, 5.74) is 3.48. The van der Waals surface area contributed by atoms with Crippen molar-refractivity contribution >= 4 is 39.8 Å². The third-order valence-electron chi connectivity index (χ3n) is 3.63. The van der Waals surface area contributed by atoms with E-state index in [4.69, 9.17) is 16.3 Å². The molecule has 0 saturated heterocycles. The minimum Gasteiger partial charge on any atom is -0.466 e. The number of benzene rings is 2. The summed E-state index contributed by atoms with van der Waals surface area (Å²) in [6.07, 6.45) is 1.96. The molecule has 0 bridgehead atoms.